The lowest BCUT2D eigenvalue weighted by molar-refractivity contribution is -0.394. The van der Waals surface area contributed by atoms with Crippen LogP contribution in [0.5, 0.6) is 0 Å². The van der Waals surface area contributed by atoms with Crippen LogP contribution in [0.4, 0.5) is 5.95 Å². The van der Waals surface area contributed by atoms with Crippen molar-refractivity contribution >= 4 is 11.9 Å². The second-order valence-corrected chi connectivity index (χ2v) is 3.97. The first-order chi connectivity index (χ1) is 7.46. The van der Waals surface area contributed by atoms with Gasteiger partial charge in [0.15, 0.2) is 5.54 Å². The van der Waals surface area contributed by atoms with Crippen LogP contribution in [0.25, 0.3) is 0 Å². The summed E-state index contributed by atoms with van der Waals surface area (Å²) in [5, 5.41) is 23.2. The molecule has 1 saturated carbocycles. The minimum Gasteiger partial charge on any atom is -0.479 e. The van der Waals surface area contributed by atoms with Gasteiger partial charge in [-0.1, -0.05) is 4.98 Å². The molecule has 1 heterocycles. The summed E-state index contributed by atoms with van der Waals surface area (Å²) in [5.74, 6) is -1.66. The van der Waals surface area contributed by atoms with Gasteiger partial charge in [-0.05, 0) is 30.6 Å². The van der Waals surface area contributed by atoms with Crippen LogP contribution >= 0.6 is 0 Å². The van der Waals surface area contributed by atoms with Gasteiger partial charge in [0.2, 0.25) is 6.33 Å². The summed E-state index contributed by atoms with van der Waals surface area (Å²) in [6.07, 6.45) is 2.68. The van der Waals surface area contributed by atoms with Gasteiger partial charge in [-0.25, -0.2) is 4.79 Å². The maximum absolute atomic E-state index is 11.2. The van der Waals surface area contributed by atoms with Crippen molar-refractivity contribution in [1.82, 2.24) is 14.8 Å². The minimum atomic E-state index is -1.23. The van der Waals surface area contributed by atoms with E-state index in [2.05, 4.69) is 10.1 Å². The zero-order chi connectivity index (χ0) is 11.9. The number of hydrogen-bond donors (Lipinski definition) is 1. The predicted molar refractivity (Wildman–Crippen MR) is 50.7 cm³/mol. The molecule has 1 atom stereocenters. The Labute approximate surface area is 90.1 Å². The maximum atomic E-state index is 11.2. The molecule has 0 aromatic carbocycles. The molecule has 0 bridgehead atoms. The largest absolute Gasteiger partial charge is 0.490 e. The lowest BCUT2D eigenvalue weighted by atomic mass is 9.96. The average molecular weight is 226 g/mol. The SMILES string of the molecule is CC(C(=O)O)(C1CC1)n1cnc([N+](=O)[O-])n1. The number of carbonyl (C=O) groups is 1. The van der Waals surface area contributed by atoms with Crippen LogP contribution in [0.2, 0.25) is 0 Å². The number of hydrogen-bond acceptors (Lipinski definition) is 5. The van der Waals surface area contributed by atoms with E-state index in [0.29, 0.717) is 0 Å². The van der Waals surface area contributed by atoms with Crippen LogP contribution in [0, 0.1) is 16.0 Å². The first-order valence-corrected chi connectivity index (χ1v) is 4.76. The highest BCUT2D eigenvalue weighted by atomic mass is 16.6. The van der Waals surface area contributed by atoms with Crippen molar-refractivity contribution in [2.24, 2.45) is 5.92 Å². The van der Waals surface area contributed by atoms with Crippen molar-refractivity contribution in [3.05, 3.63) is 16.4 Å². The van der Waals surface area contributed by atoms with E-state index < -0.39 is 22.4 Å². The number of aromatic nitrogens is 3. The summed E-state index contributed by atoms with van der Waals surface area (Å²) in [5.41, 5.74) is -1.23. The fourth-order valence-corrected chi connectivity index (χ4v) is 1.67. The van der Waals surface area contributed by atoms with Crippen LogP contribution in [-0.2, 0) is 10.3 Å². The van der Waals surface area contributed by atoms with Crippen molar-refractivity contribution in [3.8, 4) is 0 Å². The number of rotatable bonds is 4. The Morgan fingerprint density at radius 3 is 2.75 bits per heavy atom. The van der Waals surface area contributed by atoms with Crippen LogP contribution in [0.15, 0.2) is 6.33 Å². The Hall–Kier alpha value is -1.99. The normalized spacial score (nSPS) is 19.1. The molecule has 86 valence electrons. The van der Waals surface area contributed by atoms with Gasteiger partial charge in [-0.2, -0.15) is 4.68 Å². The first kappa shape index (κ1) is 10.5. The third kappa shape index (κ3) is 1.42. The molecule has 1 fully saturated rings. The predicted octanol–water partition coefficient (Wildman–Crippen LogP) is 0.396. The minimum absolute atomic E-state index is 0.0358. The molecule has 1 aliphatic carbocycles. The Morgan fingerprint density at radius 1 is 1.75 bits per heavy atom. The van der Waals surface area contributed by atoms with E-state index in [9.17, 15) is 20.0 Å². The quantitative estimate of drug-likeness (QED) is 0.587. The number of aliphatic carboxylic acids is 1. The second-order valence-electron chi connectivity index (χ2n) is 3.97. The van der Waals surface area contributed by atoms with Gasteiger partial charge in [0.25, 0.3) is 0 Å². The molecule has 8 nitrogen and oxygen atoms in total. The van der Waals surface area contributed by atoms with Crippen LogP contribution < -0.4 is 0 Å². The Bertz CT molecular complexity index is 453. The zero-order valence-electron chi connectivity index (χ0n) is 8.53. The van der Waals surface area contributed by atoms with Crippen LogP contribution in [-0.4, -0.2) is 30.8 Å². The summed E-state index contributed by atoms with van der Waals surface area (Å²) in [6, 6.07) is 0. The standard InChI is InChI=1S/C8H10N4O4/c1-8(6(13)14,5-2-3-5)11-4-9-7(10-11)12(15)16/h4-5H,2-3H2,1H3,(H,13,14). The molecule has 1 aromatic heterocycles. The van der Waals surface area contributed by atoms with Crippen LogP contribution in [0.3, 0.4) is 0 Å². The first-order valence-electron chi connectivity index (χ1n) is 4.76. The third-order valence-electron chi connectivity index (χ3n) is 2.92. The second kappa shape index (κ2) is 3.26. The van der Waals surface area contributed by atoms with Gasteiger partial charge < -0.3 is 15.2 Å². The molecule has 0 spiro atoms. The summed E-state index contributed by atoms with van der Waals surface area (Å²) >= 11 is 0. The lowest BCUT2D eigenvalue weighted by Crippen LogP contribution is -2.41. The Balaban J connectivity index is 2.39. The molecular formula is C8H10N4O4. The third-order valence-corrected chi connectivity index (χ3v) is 2.92. The molecule has 1 aliphatic rings. The molecule has 0 aliphatic heterocycles. The molecule has 1 N–H and O–H groups in total. The molecule has 0 radical (unpaired) electrons. The molecule has 0 saturated heterocycles. The Morgan fingerprint density at radius 2 is 2.38 bits per heavy atom. The van der Waals surface area contributed by atoms with E-state index in [4.69, 9.17) is 0 Å². The highest BCUT2D eigenvalue weighted by Crippen LogP contribution is 2.44. The Kier molecular flexibility index (Phi) is 2.14. The van der Waals surface area contributed by atoms with Gasteiger partial charge >= 0.3 is 11.9 Å². The zero-order valence-corrected chi connectivity index (χ0v) is 8.53. The average Bonchev–Trinajstić information content (AvgIpc) is 2.93. The highest BCUT2D eigenvalue weighted by Gasteiger charge is 2.52. The summed E-state index contributed by atoms with van der Waals surface area (Å²) in [7, 11) is 0. The van der Waals surface area contributed by atoms with Crippen molar-refractivity contribution in [1.29, 1.82) is 0 Å². The maximum Gasteiger partial charge on any atom is 0.490 e. The topological polar surface area (TPSA) is 111 Å². The number of carboxylic acids is 1. The molecular weight excluding hydrogens is 216 g/mol. The van der Waals surface area contributed by atoms with Gasteiger partial charge in [0.05, 0.1) is 0 Å². The van der Waals surface area contributed by atoms with Gasteiger partial charge in [0, 0.05) is 5.10 Å². The van der Waals surface area contributed by atoms with Crippen LogP contribution in [0.1, 0.15) is 19.8 Å². The van der Waals surface area contributed by atoms with E-state index in [1.807, 2.05) is 0 Å². The molecule has 2 rings (SSSR count). The van der Waals surface area contributed by atoms with E-state index in [-0.39, 0.29) is 5.92 Å². The fraction of sp³-hybridized carbons (Fsp3) is 0.625. The van der Waals surface area contributed by atoms with Crippen molar-refractivity contribution in [2.75, 3.05) is 0 Å². The van der Waals surface area contributed by atoms with Crippen molar-refractivity contribution < 1.29 is 14.8 Å². The highest BCUT2D eigenvalue weighted by molar-refractivity contribution is 5.77. The number of nitrogens with zero attached hydrogens (tertiary/aromatic N) is 4. The fourth-order valence-electron chi connectivity index (χ4n) is 1.67. The van der Waals surface area contributed by atoms with Gasteiger partial charge in [-0.15, -0.1) is 0 Å². The summed E-state index contributed by atoms with van der Waals surface area (Å²) in [6.45, 7) is 1.51. The molecule has 16 heavy (non-hydrogen) atoms. The molecule has 1 aromatic rings. The molecule has 8 heteroatoms. The van der Waals surface area contributed by atoms with E-state index >= 15 is 0 Å². The monoisotopic (exact) mass is 226 g/mol. The van der Waals surface area contributed by atoms with E-state index in [0.717, 1.165) is 23.9 Å². The van der Waals surface area contributed by atoms with Crippen molar-refractivity contribution in [2.45, 2.75) is 25.3 Å². The summed E-state index contributed by atoms with van der Waals surface area (Å²) in [4.78, 5) is 24.4. The number of nitro groups is 1. The van der Waals surface area contributed by atoms with Gasteiger partial charge in [0.1, 0.15) is 0 Å². The molecule has 0 amide bonds. The van der Waals surface area contributed by atoms with Gasteiger partial charge in [-0.3, -0.25) is 0 Å². The van der Waals surface area contributed by atoms with E-state index in [1.165, 1.54) is 6.92 Å². The summed E-state index contributed by atoms with van der Waals surface area (Å²) < 4.78 is 1.07. The molecule has 1 unspecified atom stereocenters. The van der Waals surface area contributed by atoms with Crippen molar-refractivity contribution in [3.63, 3.8) is 0 Å². The smallest absolute Gasteiger partial charge is 0.479 e. The lowest BCUT2D eigenvalue weighted by Gasteiger charge is -2.21. The van der Waals surface area contributed by atoms with E-state index in [1.54, 1.807) is 0 Å². The number of carboxylic acid groups (broad SMARTS) is 1.